The lowest BCUT2D eigenvalue weighted by Crippen LogP contribution is -3.10. The Kier molecular flexibility index (Phi) is 2.96. The molecule has 0 saturated heterocycles. The molecule has 0 spiro atoms. The zero-order chi connectivity index (χ0) is 5.86. The summed E-state index contributed by atoms with van der Waals surface area (Å²) in [6.07, 6.45) is 0. The molecule has 0 fully saturated rings. The molecular weight excluding hydrogens is 90.1 g/mol. The molecule has 0 rings (SSSR count). The topological polar surface area (TPSA) is 24.7 Å². The van der Waals surface area contributed by atoms with Gasteiger partial charge in [0.25, 0.3) is 0 Å². The Hall–Kier alpha value is -0.0800. The minimum absolute atomic E-state index is 0.280. The van der Waals surface area contributed by atoms with Crippen molar-refractivity contribution in [2.45, 2.75) is 13.0 Å². The van der Waals surface area contributed by atoms with Crippen molar-refractivity contribution in [1.82, 2.24) is 0 Å². The van der Waals surface area contributed by atoms with Crippen molar-refractivity contribution in [1.29, 1.82) is 0 Å². The van der Waals surface area contributed by atoms with Gasteiger partial charge in [0.15, 0.2) is 0 Å². The molecule has 2 N–H and O–H groups in total. The van der Waals surface area contributed by atoms with Crippen LogP contribution in [0.1, 0.15) is 6.92 Å². The Morgan fingerprint density at radius 3 is 2.00 bits per heavy atom. The molecule has 0 aliphatic rings. The molecule has 0 aromatic carbocycles. The molecule has 0 aliphatic carbocycles. The lowest BCUT2D eigenvalue weighted by Gasteiger charge is -2.12. The van der Waals surface area contributed by atoms with E-state index in [-0.39, 0.29) is 6.61 Å². The van der Waals surface area contributed by atoms with E-state index < -0.39 is 0 Å². The van der Waals surface area contributed by atoms with Crippen LogP contribution in [0.5, 0.6) is 0 Å². The van der Waals surface area contributed by atoms with Gasteiger partial charge in [-0.05, 0) is 6.92 Å². The monoisotopic (exact) mass is 104 g/mol. The second-order valence-electron chi connectivity index (χ2n) is 2.16. The fourth-order valence-electron chi connectivity index (χ4n) is 0.183. The Labute approximate surface area is 44.8 Å². The first-order valence-electron chi connectivity index (χ1n) is 2.59. The third kappa shape index (κ3) is 2.60. The van der Waals surface area contributed by atoms with Crippen LogP contribution in [0.25, 0.3) is 0 Å². The van der Waals surface area contributed by atoms with Crippen molar-refractivity contribution >= 4 is 0 Å². The van der Waals surface area contributed by atoms with Gasteiger partial charge in [0.2, 0.25) is 0 Å². The van der Waals surface area contributed by atoms with E-state index in [0.717, 1.165) is 0 Å². The Morgan fingerprint density at radius 1 is 1.57 bits per heavy atom. The van der Waals surface area contributed by atoms with Crippen LogP contribution in [-0.2, 0) is 0 Å². The first-order valence-corrected chi connectivity index (χ1v) is 2.59. The van der Waals surface area contributed by atoms with Gasteiger partial charge in [-0.3, -0.25) is 0 Å². The quantitative estimate of drug-likeness (QED) is 0.438. The summed E-state index contributed by atoms with van der Waals surface area (Å²) in [6, 6.07) is 0.375. The van der Waals surface area contributed by atoms with Crippen LogP contribution >= 0.6 is 0 Å². The van der Waals surface area contributed by atoms with Crippen molar-refractivity contribution in [2.24, 2.45) is 0 Å². The number of aliphatic hydroxyl groups is 1. The summed E-state index contributed by atoms with van der Waals surface area (Å²) in [5, 5.41) is 8.48. The smallest absolute Gasteiger partial charge is 0.108 e. The number of quaternary nitrogens is 1. The SMILES string of the molecule is C[C@@H](CO)[NH+](C)C. The third-order valence-electron chi connectivity index (χ3n) is 1.26. The molecule has 0 heterocycles. The van der Waals surface area contributed by atoms with Crippen LogP contribution in [0.15, 0.2) is 0 Å². The minimum atomic E-state index is 0.280. The van der Waals surface area contributed by atoms with Crippen LogP contribution in [0.3, 0.4) is 0 Å². The maximum Gasteiger partial charge on any atom is 0.108 e. The van der Waals surface area contributed by atoms with E-state index in [1.54, 1.807) is 0 Å². The molecule has 0 saturated carbocycles. The lowest BCUT2D eigenvalue weighted by atomic mass is 10.3. The summed E-state index contributed by atoms with van der Waals surface area (Å²) < 4.78 is 0. The van der Waals surface area contributed by atoms with Crippen molar-refractivity contribution in [2.75, 3.05) is 20.7 Å². The standard InChI is InChI=1S/C5H13NO/c1-5(4-7)6(2)3/h5,7H,4H2,1-3H3/p+1/t5-/m0/s1. The van der Waals surface area contributed by atoms with Crippen molar-refractivity contribution in [3.63, 3.8) is 0 Å². The number of nitrogens with one attached hydrogen (secondary N) is 1. The lowest BCUT2D eigenvalue weighted by molar-refractivity contribution is -0.884. The fraction of sp³-hybridized carbons (Fsp3) is 1.00. The molecule has 0 bridgehead atoms. The zero-order valence-corrected chi connectivity index (χ0v) is 5.23. The Morgan fingerprint density at radius 2 is 2.00 bits per heavy atom. The third-order valence-corrected chi connectivity index (χ3v) is 1.26. The molecule has 2 heteroatoms. The van der Waals surface area contributed by atoms with Gasteiger partial charge in [0, 0.05) is 0 Å². The predicted molar refractivity (Wildman–Crippen MR) is 29.4 cm³/mol. The number of aliphatic hydroxyl groups excluding tert-OH is 1. The highest BCUT2D eigenvalue weighted by molar-refractivity contribution is 4.36. The average molecular weight is 104 g/mol. The molecule has 0 unspecified atom stereocenters. The van der Waals surface area contributed by atoms with Crippen molar-refractivity contribution in [3.8, 4) is 0 Å². The second-order valence-corrected chi connectivity index (χ2v) is 2.16. The predicted octanol–water partition coefficient (Wildman–Crippen LogP) is -1.49. The molecule has 0 aromatic rings. The summed E-state index contributed by atoms with van der Waals surface area (Å²) in [5.74, 6) is 0. The number of hydrogen-bond acceptors (Lipinski definition) is 1. The molecule has 0 radical (unpaired) electrons. The summed E-state index contributed by atoms with van der Waals surface area (Å²) >= 11 is 0. The normalized spacial score (nSPS) is 15.0. The van der Waals surface area contributed by atoms with E-state index in [0.29, 0.717) is 6.04 Å². The van der Waals surface area contributed by atoms with E-state index in [1.807, 2.05) is 21.0 Å². The van der Waals surface area contributed by atoms with Crippen LogP contribution in [-0.4, -0.2) is 31.9 Å². The van der Waals surface area contributed by atoms with E-state index in [9.17, 15) is 0 Å². The van der Waals surface area contributed by atoms with E-state index in [4.69, 9.17) is 5.11 Å². The average Bonchev–Trinajstić information content (AvgIpc) is 1.65. The maximum absolute atomic E-state index is 8.48. The molecule has 2 nitrogen and oxygen atoms in total. The molecule has 44 valence electrons. The molecule has 7 heavy (non-hydrogen) atoms. The highest BCUT2D eigenvalue weighted by Crippen LogP contribution is 1.63. The number of likely N-dealkylation sites (N-methyl/N-ethyl adjacent to an activating group) is 1. The minimum Gasteiger partial charge on any atom is -0.390 e. The summed E-state index contributed by atoms with van der Waals surface area (Å²) in [7, 11) is 4.06. The first kappa shape index (κ1) is 6.92. The van der Waals surface area contributed by atoms with E-state index in [2.05, 4.69) is 0 Å². The van der Waals surface area contributed by atoms with Crippen molar-refractivity contribution < 1.29 is 10.0 Å². The van der Waals surface area contributed by atoms with E-state index >= 15 is 0 Å². The maximum atomic E-state index is 8.48. The van der Waals surface area contributed by atoms with Gasteiger partial charge in [0.05, 0.1) is 20.7 Å². The van der Waals surface area contributed by atoms with Gasteiger partial charge in [-0.2, -0.15) is 0 Å². The summed E-state index contributed by atoms with van der Waals surface area (Å²) in [6.45, 7) is 2.29. The fourth-order valence-corrected chi connectivity index (χ4v) is 0.183. The highest BCUT2D eigenvalue weighted by atomic mass is 16.3. The second kappa shape index (κ2) is 2.99. The number of hydrogen-bond donors (Lipinski definition) is 2. The largest absolute Gasteiger partial charge is 0.390 e. The molecule has 0 amide bonds. The van der Waals surface area contributed by atoms with Crippen molar-refractivity contribution in [3.05, 3.63) is 0 Å². The van der Waals surface area contributed by atoms with Gasteiger partial charge < -0.3 is 10.0 Å². The summed E-state index contributed by atoms with van der Waals surface area (Å²) in [5.41, 5.74) is 0. The van der Waals surface area contributed by atoms with Crippen LogP contribution in [0, 0.1) is 0 Å². The zero-order valence-electron chi connectivity index (χ0n) is 5.23. The molecule has 0 aliphatic heterocycles. The molecule has 0 aromatic heterocycles. The van der Waals surface area contributed by atoms with Gasteiger partial charge in [-0.1, -0.05) is 0 Å². The van der Waals surface area contributed by atoms with Crippen LogP contribution in [0.4, 0.5) is 0 Å². The highest BCUT2D eigenvalue weighted by Gasteiger charge is 2.02. The molecular formula is C5H14NO+. The van der Waals surface area contributed by atoms with Crippen LogP contribution in [0.2, 0.25) is 0 Å². The molecule has 1 atom stereocenters. The van der Waals surface area contributed by atoms with Gasteiger partial charge in [0.1, 0.15) is 6.04 Å². The van der Waals surface area contributed by atoms with Crippen LogP contribution < -0.4 is 4.90 Å². The van der Waals surface area contributed by atoms with Gasteiger partial charge in [-0.25, -0.2) is 0 Å². The van der Waals surface area contributed by atoms with Gasteiger partial charge >= 0.3 is 0 Å². The van der Waals surface area contributed by atoms with E-state index in [1.165, 1.54) is 4.90 Å². The first-order chi connectivity index (χ1) is 3.18. The van der Waals surface area contributed by atoms with Gasteiger partial charge in [-0.15, -0.1) is 0 Å². The summed E-state index contributed by atoms with van der Waals surface area (Å²) in [4.78, 5) is 1.29. The Bertz CT molecular complexity index is 45.3. The number of rotatable bonds is 2. The Balaban J connectivity index is 3.14.